The van der Waals surface area contributed by atoms with Crippen LogP contribution in [0.15, 0.2) is 27.5 Å². The van der Waals surface area contributed by atoms with Crippen molar-refractivity contribution in [1.82, 2.24) is 20.3 Å². The average molecular weight is 443 g/mol. The Bertz CT molecular complexity index is 1100. The number of nitrogens with one attached hydrogen (secondary N) is 2. The van der Waals surface area contributed by atoms with Crippen molar-refractivity contribution >= 4 is 46.4 Å². The van der Waals surface area contributed by atoms with Gasteiger partial charge in [0, 0.05) is 11.8 Å². The Morgan fingerprint density at radius 3 is 2.50 bits per heavy atom. The second kappa shape index (κ2) is 7.42. The molecule has 4 rings (SSSR count). The molecule has 1 fully saturated rings. The summed E-state index contributed by atoms with van der Waals surface area (Å²) in [5.41, 5.74) is 1.13. The predicted octanol–water partition coefficient (Wildman–Crippen LogP) is 4.04. The molecule has 0 radical (unpaired) electrons. The average Bonchev–Trinajstić information content (AvgIpc) is 3.39. The summed E-state index contributed by atoms with van der Waals surface area (Å²) >= 11 is 18.5. The molecule has 12 heteroatoms. The summed E-state index contributed by atoms with van der Waals surface area (Å²) in [5.74, 6) is -1.14. The van der Waals surface area contributed by atoms with Gasteiger partial charge in [-0.15, -0.1) is 10.2 Å². The van der Waals surface area contributed by atoms with E-state index in [0.717, 1.165) is 18.4 Å². The maximum absolute atomic E-state index is 12.0. The van der Waals surface area contributed by atoms with Crippen molar-refractivity contribution in [3.05, 3.63) is 55.3 Å². The molecule has 1 aromatic carbocycles. The van der Waals surface area contributed by atoms with Gasteiger partial charge >= 0.3 is 5.76 Å². The van der Waals surface area contributed by atoms with Gasteiger partial charge in [-0.05, 0) is 41.6 Å². The van der Waals surface area contributed by atoms with Gasteiger partial charge in [0.1, 0.15) is 0 Å². The molecular formula is C16H10Cl3N5O4. The van der Waals surface area contributed by atoms with E-state index < -0.39 is 11.7 Å². The van der Waals surface area contributed by atoms with E-state index in [1.54, 1.807) is 6.07 Å². The number of ether oxygens (including phenoxy) is 1. The van der Waals surface area contributed by atoms with Crippen LogP contribution in [0.5, 0.6) is 11.6 Å². The molecule has 2 aromatic heterocycles. The fraction of sp³-hybridized carbons (Fsp3) is 0.188. The predicted molar refractivity (Wildman–Crippen MR) is 101 cm³/mol. The Morgan fingerprint density at radius 2 is 1.89 bits per heavy atom. The summed E-state index contributed by atoms with van der Waals surface area (Å²) in [6.07, 6.45) is 2.08. The summed E-state index contributed by atoms with van der Waals surface area (Å²) < 4.78 is 9.96. The van der Waals surface area contributed by atoms with Gasteiger partial charge in [-0.25, -0.2) is 4.79 Å². The molecule has 144 valence electrons. The largest absolute Gasteiger partial charge is 0.439 e. The van der Waals surface area contributed by atoms with Crippen LogP contribution in [0.25, 0.3) is 0 Å². The van der Waals surface area contributed by atoms with Crippen molar-refractivity contribution in [2.45, 2.75) is 18.8 Å². The molecule has 0 unspecified atom stereocenters. The van der Waals surface area contributed by atoms with Gasteiger partial charge in [0.25, 0.3) is 5.91 Å². The molecule has 28 heavy (non-hydrogen) atoms. The molecule has 2 heterocycles. The zero-order chi connectivity index (χ0) is 19.8. The van der Waals surface area contributed by atoms with Crippen molar-refractivity contribution in [3.8, 4) is 11.6 Å². The number of hydrogen-bond donors (Lipinski definition) is 2. The zero-order valence-electron chi connectivity index (χ0n) is 13.8. The van der Waals surface area contributed by atoms with Gasteiger partial charge in [0.15, 0.2) is 10.9 Å². The molecule has 9 nitrogen and oxygen atoms in total. The van der Waals surface area contributed by atoms with E-state index in [0.29, 0.717) is 11.1 Å². The van der Waals surface area contributed by atoms with Crippen molar-refractivity contribution in [3.63, 3.8) is 0 Å². The third kappa shape index (κ3) is 3.96. The first-order valence-electron chi connectivity index (χ1n) is 7.98. The summed E-state index contributed by atoms with van der Waals surface area (Å²) in [7, 11) is 0. The van der Waals surface area contributed by atoms with Crippen LogP contribution in [0.2, 0.25) is 15.2 Å². The molecular weight excluding hydrogens is 433 g/mol. The molecule has 0 saturated heterocycles. The van der Waals surface area contributed by atoms with Crippen molar-refractivity contribution < 1.29 is 14.1 Å². The fourth-order valence-electron chi connectivity index (χ4n) is 2.45. The van der Waals surface area contributed by atoms with Crippen LogP contribution in [0, 0.1) is 0 Å². The van der Waals surface area contributed by atoms with Crippen LogP contribution in [0.4, 0.5) is 5.69 Å². The van der Waals surface area contributed by atoms with Gasteiger partial charge in [-0.1, -0.05) is 34.8 Å². The minimum atomic E-state index is -0.848. The molecule has 0 atom stereocenters. The molecule has 1 aliphatic rings. The molecule has 0 aliphatic heterocycles. The number of amides is 1. The van der Waals surface area contributed by atoms with Gasteiger partial charge in [0.05, 0.1) is 10.0 Å². The van der Waals surface area contributed by atoms with E-state index in [-0.39, 0.29) is 33.2 Å². The molecule has 1 aliphatic carbocycles. The minimum absolute atomic E-state index is 0.126. The number of benzene rings is 1. The lowest BCUT2D eigenvalue weighted by Crippen LogP contribution is -2.14. The number of aromatic amines is 1. The highest BCUT2D eigenvalue weighted by Crippen LogP contribution is 2.44. The lowest BCUT2D eigenvalue weighted by atomic mass is 10.2. The highest BCUT2D eigenvalue weighted by atomic mass is 35.5. The quantitative estimate of drug-likeness (QED) is 0.611. The fourth-order valence-corrected chi connectivity index (χ4v) is 3.27. The maximum atomic E-state index is 12.0. The van der Waals surface area contributed by atoms with E-state index in [2.05, 4.69) is 30.2 Å². The number of carbonyl (C=O) groups excluding carboxylic acids is 1. The lowest BCUT2D eigenvalue weighted by molar-refractivity contribution is 0.101. The van der Waals surface area contributed by atoms with Gasteiger partial charge < -0.3 is 10.1 Å². The number of halogens is 3. The Balaban J connectivity index is 1.55. The van der Waals surface area contributed by atoms with Crippen LogP contribution in [-0.4, -0.2) is 26.2 Å². The monoisotopic (exact) mass is 441 g/mol. The van der Waals surface area contributed by atoms with E-state index in [1.165, 1.54) is 12.1 Å². The summed E-state index contributed by atoms with van der Waals surface area (Å²) in [4.78, 5) is 25.1. The lowest BCUT2D eigenvalue weighted by Gasteiger charge is -2.12. The molecule has 1 amide bonds. The maximum Gasteiger partial charge on any atom is 0.439 e. The number of H-pyrrole nitrogens is 1. The Morgan fingerprint density at radius 1 is 1.18 bits per heavy atom. The first-order chi connectivity index (χ1) is 13.4. The SMILES string of the molecule is O=C(Nc1cc(Cl)c(Oc2cc(C3CC3)c(Cl)nn2)c(Cl)c1)c1noc(=O)[nH]1. The van der Waals surface area contributed by atoms with Crippen molar-refractivity contribution in [1.29, 1.82) is 0 Å². The standard InChI is InChI=1S/C16H10Cl3N5O4/c17-9-3-7(20-15(25)14-21-16(26)28-24-14)4-10(18)12(9)27-11-5-8(6-1-2-6)13(19)23-22-11/h3-6H,1-2H2,(H,20,25)(H,21,24,26). The smallest absolute Gasteiger partial charge is 0.434 e. The van der Waals surface area contributed by atoms with Gasteiger partial charge in [-0.3, -0.25) is 14.3 Å². The molecule has 1 saturated carbocycles. The second-order valence-corrected chi connectivity index (χ2v) is 7.14. The molecule has 2 N–H and O–H groups in total. The summed E-state index contributed by atoms with van der Waals surface area (Å²) in [6, 6.07) is 4.55. The van der Waals surface area contributed by atoms with Crippen LogP contribution in [0.1, 0.15) is 34.9 Å². The number of rotatable bonds is 5. The minimum Gasteiger partial charge on any atom is -0.434 e. The number of hydrogen-bond acceptors (Lipinski definition) is 7. The highest BCUT2D eigenvalue weighted by molar-refractivity contribution is 6.37. The van der Waals surface area contributed by atoms with Crippen molar-refractivity contribution in [2.75, 3.05) is 5.32 Å². The topological polar surface area (TPSA) is 123 Å². The summed E-state index contributed by atoms with van der Waals surface area (Å²) in [5, 5.41) is 14.2. The van der Waals surface area contributed by atoms with Gasteiger partial charge in [-0.2, -0.15) is 0 Å². The molecule has 3 aromatic rings. The van der Waals surface area contributed by atoms with Crippen LogP contribution < -0.4 is 15.8 Å². The van der Waals surface area contributed by atoms with E-state index in [4.69, 9.17) is 39.5 Å². The zero-order valence-corrected chi connectivity index (χ0v) is 16.1. The number of anilines is 1. The molecule has 0 bridgehead atoms. The number of aromatic nitrogens is 4. The van der Waals surface area contributed by atoms with Crippen LogP contribution in [-0.2, 0) is 0 Å². The van der Waals surface area contributed by atoms with E-state index in [1.807, 2.05) is 0 Å². The third-order valence-electron chi connectivity index (χ3n) is 3.89. The van der Waals surface area contributed by atoms with Gasteiger partial charge in [0.2, 0.25) is 11.7 Å². The second-order valence-electron chi connectivity index (χ2n) is 5.97. The third-order valence-corrected chi connectivity index (χ3v) is 4.74. The first-order valence-corrected chi connectivity index (χ1v) is 9.11. The van der Waals surface area contributed by atoms with E-state index in [9.17, 15) is 9.59 Å². The Kier molecular flexibility index (Phi) is 4.96. The number of nitrogens with zero attached hydrogens (tertiary/aromatic N) is 3. The first kappa shape index (κ1) is 18.7. The van der Waals surface area contributed by atoms with Crippen LogP contribution in [0.3, 0.4) is 0 Å². The molecule has 0 spiro atoms. The van der Waals surface area contributed by atoms with Crippen molar-refractivity contribution in [2.24, 2.45) is 0 Å². The normalized spacial score (nSPS) is 13.4. The van der Waals surface area contributed by atoms with E-state index >= 15 is 0 Å². The summed E-state index contributed by atoms with van der Waals surface area (Å²) in [6.45, 7) is 0. The number of carbonyl (C=O) groups is 1. The van der Waals surface area contributed by atoms with Crippen LogP contribution >= 0.6 is 34.8 Å². The highest BCUT2D eigenvalue weighted by Gasteiger charge is 2.27. The Labute approximate surface area is 171 Å². The Hall–Kier alpha value is -2.62.